The van der Waals surface area contributed by atoms with Gasteiger partial charge in [0.15, 0.2) is 0 Å². The molecule has 0 aromatic heterocycles. The van der Waals surface area contributed by atoms with Gasteiger partial charge in [-0.15, -0.1) is 0 Å². The van der Waals surface area contributed by atoms with Crippen molar-refractivity contribution in [1.29, 1.82) is 0 Å². The highest BCUT2D eigenvalue weighted by atomic mass is 35.5. The van der Waals surface area contributed by atoms with Gasteiger partial charge in [0, 0.05) is 13.2 Å². The molecule has 0 radical (unpaired) electrons. The van der Waals surface area contributed by atoms with E-state index >= 15 is 0 Å². The summed E-state index contributed by atoms with van der Waals surface area (Å²) in [6.07, 6.45) is 1.66. The summed E-state index contributed by atoms with van der Waals surface area (Å²) in [7, 11) is -2.52. The number of esters is 1. The minimum atomic E-state index is -3.73. The number of nitrogens with one attached hydrogen (secondary N) is 1. The van der Waals surface area contributed by atoms with Crippen LogP contribution in [0.3, 0.4) is 0 Å². The molecule has 0 bridgehead atoms. The second kappa shape index (κ2) is 6.74. The van der Waals surface area contributed by atoms with Gasteiger partial charge < -0.3 is 9.47 Å². The fourth-order valence-electron chi connectivity index (χ4n) is 2.03. The van der Waals surface area contributed by atoms with E-state index in [4.69, 9.17) is 16.3 Å². The highest BCUT2D eigenvalue weighted by molar-refractivity contribution is 7.89. The molecule has 1 aromatic rings. The zero-order valence-corrected chi connectivity index (χ0v) is 13.0. The largest absolute Gasteiger partial charge is 0.465 e. The monoisotopic (exact) mass is 333 g/mol. The molecule has 8 heteroatoms. The van der Waals surface area contributed by atoms with Crippen LogP contribution >= 0.6 is 11.6 Å². The van der Waals surface area contributed by atoms with Crippen molar-refractivity contribution in [3.63, 3.8) is 0 Å². The molecule has 0 amide bonds. The van der Waals surface area contributed by atoms with Crippen molar-refractivity contribution in [2.24, 2.45) is 0 Å². The minimum absolute atomic E-state index is 0.0131. The topological polar surface area (TPSA) is 81.7 Å². The number of halogens is 1. The normalized spacial score (nSPS) is 18.7. The highest BCUT2D eigenvalue weighted by Gasteiger charge is 2.22. The Morgan fingerprint density at radius 2 is 2.29 bits per heavy atom. The average Bonchev–Trinajstić information content (AvgIpc) is 2.98. The molecule has 0 saturated carbocycles. The first-order valence-electron chi connectivity index (χ1n) is 6.43. The maximum Gasteiger partial charge on any atom is 0.339 e. The Hall–Kier alpha value is -1.15. The van der Waals surface area contributed by atoms with Gasteiger partial charge in [-0.2, -0.15) is 0 Å². The molecular formula is C13H16ClNO5S. The van der Waals surface area contributed by atoms with Gasteiger partial charge in [0.05, 0.1) is 28.7 Å². The lowest BCUT2D eigenvalue weighted by Crippen LogP contribution is -2.31. The van der Waals surface area contributed by atoms with Crippen LogP contribution in [0.5, 0.6) is 0 Å². The maximum atomic E-state index is 12.2. The molecule has 1 aliphatic heterocycles. The SMILES string of the molecule is COC(=O)c1cc(S(=O)(=O)NC[C@@H]2CCCO2)ccc1Cl. The van der Waals surface area contributed by atoms with Gasteiger partial charge in [-0.05, 0) is 31.0 Å². The standard InChI is InChI=1S/C13H16ClNO5S/c1-19-13(16)11-7-10(4-5-12(11)14)21(17,18)15-8-9-3-2-6-20-9/h4-5,7,9,15H,2-3,6,8H2,1H3/t9-/m0/s1. The number of hydrogen-bond donors (Lipinski definition) is 1. The van der Waals surface area contributed by atoms with Crippen molar-refractivity contribution in [1.82, 2.24) is 4.72 Å². The van der Waals surface area contributed by atoms with E-state index in [1.165, 1.54) is 25.3 Å². The van der Waals surface area contributed by atoms with Crippen LogP contribution in [0.2, 0.25) is 5.02 Å². The molecule has 1 heterocycles. The summed E-state index contributed by atoms with van der Waals surface area (Å²) in [5, 5.41) is 0.139. The van der Waals surface area contributed by atoms with Crippen molar-refractivity contribution >= 4 is 27.6 Å². The predicted octanol–water partition coefficient (Wildman–Crippen LogP) is 1.58. The third kappa shape index (κ3) is 3.94. The van der Waals surface area contributed by atoms with Crippen LogP contribution in [0, 0.1) is 0 Å². The van der Waals surface area contributed by atoms with Crippen LogP contribution < -0.4 is 4.72 Å². The van der Waals surface area contributed by atoms with Crippen molar-refractivity contribution in [2.45, 2.75) is 23.8 Å². The number of benzene rings is 1. The quantitative estimate of drug-likeness (QED) is 0.827. The Balaban J connectivity index is 2.17. The summed E-state index contributed by atoms with van der Waals surface area (Å²) in [5.41, 5.74) is 0.0131. The summed E-state index contributed by atoms with van der Waals surface area (Å²) in [6, 6.07) is 3.90. The molecule has 6 nitrogen and oxygen atoms in total. The molecule has 116 valence electrons. The summed E-state index contributed by atoms with van der Waals surface area (Å²) in [4.78, 5) is 11.5. The van der Waals surface area contributed by atoms with Gasteiger partial charge in [-0.3, -0.25) is 0 Å². The lowest BCUT2D eigenvalue weighted by molar-refractivity contribution is 0.0600. The van der Waals surface area contributed by atoms with E-state index in [0.717, 1.165) is 12.8 Å². The first-order chi connectivity index (χ1) is 9.94. The highest BCUT2D eigenvalue weighted by Crippen LogP contribution is 2.21. The number of sulfonamides is 1. The number of carbonyl (C=O) groups is 1. The number of carbonyl (C=O) groups excluding carboxylic acids is 1. The molecule has 1 saturated heterocycles. The Bertz CT molecular complexity index is 625. The van der Waals surface area contributed by atoms with E-state index in [9.17, 15) is 13.2 Å². The van der Waals surface area contributed by atoms with Crippen LogP contribution in [0.25, 0.3) is 0 Å². The third-order valence-electron chi connectivity index (χ3n) is 3.18. The first kappa shape index (κ1) is 16.2. The fraction of sp³-hybridized carbons (Fsp3) is 0.462. The molecule has 1 atom stereocenters. The molecule has 1 fully saturated rings. The van der Waals surface area contributed by atoms with Crippen LogP contribution in [0.1, 0.15) is 23.2 Å². The number of hydrogen-bond acceptors (Lipinski definition) is 5. The molecule has 1 aliphatic rings. The van der Waals surface area contributed by atoms with E-state index in [-0.39, 0.29) is 28.1 Å². The average molecular weight is 334 g/mol. The van der Waals surface area contributed by atoms with E-state index in [0.29, 0.717) is 6.61 Å². The lowest BCUT2D eigenvalue weighted by Gasteiger charge is -2.12. The van der Waals surface area contributed by atoms with Gasteiger partial charge in [0.25, 0.3) is 0 Å². The first-order valence-corrected chi connectivity index (χ1v) is 8.29. The number of ether oxygens (including phenoxy) is 2. The van der Waals surface area contributed by atoms with E-state index in [2.05, 4.69) is 9.46 Å². The summed E-state index contributed by atoms with van der Waals surface area (Å²) < 4.78 is 36.8. The Kier molecular flexibility index (Phi) is 5.21. The zero-order chi connectivity index (χ0) is 15.5. The van der Waals surface area contributed by atoms with Gasteiger partial charge in [0.1, 0.15) is 0 Å². The van der Waals surface area contributed by atoms with E-state index in [1.54, 1.807) is 0 Å². The van der Waals surface area contributed by atoms with Gasteiger partial charge >= 0.3 is 5.97 Å². The lowest BCUT2D eigenvalue weighted by atomic mass is 10.2. The Morgan fingerprint density at radius 3 is 2.90 bits per heavy atom. The van der Waals surface area contributed by atoms with Gasteiger partial charge in [-0.25, -0.2) is 17.9 Å². The molecule has 0 aliphatic carbocycles. The Morgan fingerprint density at radius 1 is 1.52 bits per heavy atom. The number of methoxy groups -OCH3 is 1. The van der Waals surface area contributed by atoms with Crippen LogP contribution in [-0.2, 0) is 19.5 Å². The molecule has 0 unspecified atom stereocenters. The molecule has 0 spiro atoms. The molecule has 1 aromatic carbocycles. The zero-order valence-electron chi connectivity index (χ0n) is 11.5. The predicted molar refractivity (Wildman–Crippen MR) is 77.0 cm³/mol. The summed E-state index contributed by atoms with van der Waals surface area (Å²) >= 11 is 5.86. The molecule has 2 rings (SSSR count). The summed E-state index contributed by atoms with van der Waals surface area (Å²) in [6.45, 7) is 0.859. The molecule has 21 heavy (non-hydrogen) atoms. The smallest absolute Gasteiger partial charge is 0.339 e. The van der Waals surface area contributed by atoms with Crippen molar-refractivity contribution in [3.8, 4) is 0 Å². The van der Waals surface area contributed by atoms with Crippen molar-refractivity contribution in [3.05, 3.63) is 28.8 Å². The van der Waals surface area contributed by atoms with E-state index in [1.807, 2.05) is 0 Å². The van der Waals surface area contributed by atoms with Crippen LogP contribution in [0.15, 0.2) is 23.1 Å². The summed E-state index contributed by atoms with van der Waals surface area (Å²) in [5.74, 6) is -0.684. The van der Waals surface area contributed by atoms with Crippen molar-refractivity contribution < 1.29 is 22.7 Å². The minimum Gasteiger partial charge on any atom is -0.465 e. The van der Waals surface area contributed by atoms with Gasteiger partial charge in [0.2, 0.25) is 10.0 Å². The number of rotatable bonds is 5. The van der Waals surface area contributed by atoms with Crippen LogP contribution in [0.4, 0.5) is 0 Å². The second-order valence-electron chi connectivity index (χ2n) is 4.62. The molecule has 1 N–H and O–H groups in total. The third-order valence-corrected chi connectivity index (χ3v) is 4.93. The molecular weight excluding hydrogens is 318 g/mol. The Labute approximate surface area is 128 Å². The fourth-order valence-corrected chi connectivity index (χ4v) is 3.32. The van der Waals surface area contributed by atoms with Crippen molar-refractivity contribution in [2.75, 3.05) is 20.3 Å². The second-order valence-corrected chi connectivity index (χ2v) is 6.79. The van der Waals surface area contributed by atoms with Gasteiger partial charge in [-0.1, -0.05) is 11.6 Å². The van der Waals surface area contributed by atoms with Crippen LogP contribution in [-0.4, -0.2) is 40.8 Å². The maximum absolute atomic E-state index is 12.2. The van der Waals surface area contributed by atoms with E-state index < -0.39 is 16.0 Å².